The van der Waals surface area contributed by atoms with E-state index in [0.29, 0.717) is 13.0 Å². The Morgan fingerprint density at radius 1 is 1.05 bits per heavy atom. The number of rotatable bonds is 14. The van der Waals surface area contributed by atoms with Crippen LogP contribution in [0.4, 0.5) is 4.39 Å². The highest BCUT2D eigenvalue weighted by molar-refractivity contribution is 8.00. The van der Waals surface area contributed by atoms with Gasteiger partial charge in [0.1, 0.15) is 5.25 Å². The third kappa shape index (κ3) is 11.6. The van der Waals surface area contributed by atoms with Crippen LogP contribution in [-0.4, -0.2) is 30.3 Å². The molecular formula is C16H31FO2S. The van der Waals surface area contributed by atoms with Crippen molar-refractivity contribution in [2.24, 2.45) is 0 Å². The van der Waals surface area contributed by atoms with Gasteiger partial charge in [0.2, 0.25) is 0 Å². The molecule has 20 heavy (non-hydrogen) atoms. The Morgan fingerprint density at radius 2 is 1.75 bits per heavy atom. The Kier molecular flexibility index (Phi) is 15.0. The standard InChI is InChI=1S/C16H31FO2S/c1-3-5-11-15(16(18)19-13-4-2)20-14-10-8-6-7-9-12-17/h15H,3-14H2,1-2H3. The van der Waals surface area contributed by atoms with Gasteiger partial charge in [-0.1, -0.05) is 46.0 Å². The van der Waals surface area contributed by atoms with Crippen LogP contribution in [0.1, 0.15) is 71.6 Å². The van der Waals surface area contributed by atoms with E-state index in [0.717, 1.165) is 57.1 Å². The van der Waals surface area contributed by atoms with E-state index < -0.39 is 0 Å². The zero-order valence-electron chi connectivity index (χ0n) is 13.2. The lowest BCUT2D eigenvalue weighted by atomic mass is 10.2. The first-order valence-electron chi connectivity index (χ1n) is 8.10. The molecule has 0 heterocycles. The van der Waals surface area contributed by atoms with Gasteiger partial charge in [-0.15, -0.1) is 11.8 Å². The molecular weight excluding hydrogens is 275 g/mol. The quantitative estimate of drug-likeness (QED) is 0.328. The van der Waals surface area contributed by atoms with Crippen LogP contribution in [0.5, 0.6) is 0 Å². The van der Waals surface area contributed by atoms with Crippen molar-refractivity contribution in [3.05, 3.63) is 0 Å². The number of alkyl halides is 1. The number of thioether (sulfide) groups is 1. The normalized spacial score (nSPS) is 12.3. The highest BCUT2D eigenvalue weighted by Gasteiger charge is 2.19. The number of hydrogen-bond acceptors (Lipinski definition) is 3. The second-order valence-electron chi connectivity index (χ2n) is 5.13. The van der Waals surface area contributed by atoms with Crippen molar-refractivity contribution in [1.82, 2.24) is 0 Å². The van der Waals surface area contributed by atoms with Crippen molar-refractivity contribution in [2.45, 2.75) is 76.9 Å². The highest BCUT2D eigenvalue weighted by Crippen LogP contribution is 2.21. The van der Waals surface area contributed by atoms with E-state index >= 15 is 0 Å². The minimum atomic E-state index is -0.197. The van der Waals surface area contributed by atoms with E-state index in [2.05, 4.69) is 6.92 Å². The monoisotopic (exact) mass is 306 g/mol. The lowest BCUT2D eigenvalue weighted by Gasteiger charge is -2.15. The van der Waals surface area contributed by atoms with Gasteiger partial charge < -0.3 is 4.74 Å². The number of hydrogen-bond donors (Lipinski definition) is 0. The first kappa shape index (κ1) is 19.8. The lowest BCUT2D eigenvalue weighted by Crippen LogP contribution is -2.21. The predicted octanol–water partition coefficient (Wildman–Crippen LogP) is 5.15. The lowest BCUT2D eigenvalue weighted by molar-refractivity contribution is -0.143. The summed E-state index contributed by atoms with van der Waals surface area (Å²) in [6.45, 7) is 4.49. The summed E-state index contributed by atoms with van der Waals surface area (Å²) in [4.78, 5) is 11.9. The maximum absolute atomic E-state index is 11.9. The van der Waals surface area contributed by atoms with Crippen LogP contribution in [0.25, 0.3) is 0 Å². The minimum absolute atomic E-state index is 0.00680. The number of carbonyl (C=O) groups is 1. The molecule has 0 saturated carbocycles. The summed E-state index contributed by atoms with van der Waals surface area (Å²) in [5.74, 6) is 0.966. The number of ether oxygens (including phenoxy) is 1. The van der Waals surface area contributed by atoms with Crippen LogP contribution < -0.4 is 0 Å². The average molecular weight is 306 g/mol. The molecule has 1 atom stereocenters. The second kappa shape index (κ2) is 15.1. The van der Waals surface area contributed by atoms with E-state index in [1.54, 1.807) is 11.8 Å². The summed E-state index contributed by atoms with van der Waals surface area (Å²) in [6.07, 6.45) is 9.02. The molecule has 0 aliphatic rings. The molecule has 0 amide bonds. The summed E-state index contributed by atoms with van der Waals surface area (Å²) in [6, 6.07) is 0. The van der Waals surface area contributed by atoms with Crippen LogP contribution in [0.15, 0.2) is 0 Å². The van der Waals surface area contributed by atoms with Gasteiger partial charge in [-0.25, -0.2) is 0 Å². The van der Waals surface area contributed by atoms with E-state index in [1.807, 2.05) is 6.92 Å². The van der Waals surface area contributed by atoms with Gasteiger partial charge in [-0.2, -0.15) is 0 Å². The Morgan fingerprint density at radius 3 is 2.40 bits per heavy atom. The van der Waals surface area contributed by atoms with Crippen LogP contribution in [-0.2, 0) is 9.53 Å². The van der Waals surface area contributed by atoms with Gasteiger partial charge in [0, 0.05) is 0 Å². The van der Waals surface area contributed by atoms with Crippen molar-refractivity contribution >= 4 is 17.7 Å². The van der Waals surface area contributed by atoms with Crippen LogP contribution >= 0.6 is 11.8 Å². The van der Waals surface area contributed by atoms with Gasteiger partial charge in [-0.05, 0) is 31.4 Å². The summed E-state index contributed by atoms with van der Waals surface area (Å²) >= 11 is 1.74. The van der Waals surface area contributed by atoms with Gasteiger partial charge in [0.05, 0.1) is 13.3 Å². The van der Waals surface area contributed by atoms with E-state index in [1.165, 1.54) is 0 Å². The largest absolute Gasteiger partial charge is 0.465 e. The maximum atomic E-state index is 11.9. The minimum Gasteiger partial charge on any atom is -0.465 e. The van der Waals surface area contributed by atoms with Crippen LogP contribution in [0.2, 0.25) is 0 Å². The summed E-state index contributed by atoms with van der Waals surface area (Å²) in [5, 5.41) is 0.00680. The van der Waals surface area contributed by atoms with Crippen LogP contribution in [0, 0.1) is 0 Å². The fourth-order valence-electron chi connectivity index (χ4n) is 1.91. The zero-order valence-corrected chi connectivity index (χ0v) is 14.0. The van der Waals surface area contributed by atoms with Crippen molar-refractivity contribution in [2.75, 3.05) is 19.0 Å². The molecule has 1 unspecified atom stereocenters. The Labute approximate surface area is 128 Å². The Bertz CT molecular complexity index is 225. The zero-order chi connectivity index (χ0) is 15.1. The summed E-state index contributed by atoms with van der Waals surface area (Å²) in [5.41, 5.74) is 0. The molecule has 0 aromatic heterocycles. The summed E-state index contributed by atoms with van der Waals surface area (Å²) in [7, 11) is 0. The van der Waals surface area contributed by atoms with Crippen molar-refractivity contribution in [3.8, 4) is 0 Å². The predicted molar refractivity (Wildman–Crippen MR) is 86.1 cm³/mol. The molecule has 0 aliphatic heterocycles. The number of esters is 1. The molecule has 0 radical (unpaired) electrons. The van der Waals surface area contributed by atoms with Crippen molar-refractivity contribution in [1.29, 1.82) is 0 Å². The fraction of sp³-hybridized carbons (Fsp3) is 0.938. The maximum Gasteiger partial charge on any atom is 0.319 e. The third-order valence-electron chi connectivity index (χ3n) is 3.13. The molecule has 0 rings (SSSR count). The van der Waals surface area contributed by atoms with Crippen LogP contribution in [0.3, 0.4) is 0 Å². The summed E-state index contributed by atoms with van der Waals surface area (Å²) < 4.78 is 17.2. The molecule has 0 bridgehead atoms. The van der Waals surface area contributed by atoms with E-state index in [9.17, 15) is 9.18 Å². The second-order valence-corrected chi connectivity index (χ2v) is 6.44. The first-order valence-corrected chi connectivity index (χ1v) is 9.15. The Balaban J connectivity index is 3.77. The molecule has 4 heteroatoms. The van der Waals surface area contributed by atoms with E-state index in [-0.39, 0.29) is 17.9 Å². The number of halogens is 1. The third-order valence-corrected chi connectivity index (χ3v) is 4.48. The smallest absolute Gasteiger partial charge is 0.319 e. The molecule has 0 fully saturated rings. The Hall–Kier alpha value is -0.250. The molecule has 2 nitrogen and oxygen atoms in total. The highest BCUT2D eigenvalue weighted by atomic mass is 32.2. The number of carbonyl (C=O) groups excluding carboxylic acids is 1. The van der Waals surface area contributed by atoms with Gasteiger partial charge in [-0.3, -0.25) is 9.18 Å². The van der Waals surface area contributed by atoms with E-state index in [4.69, 9.17) is 4.74 Å². The molecule has 0 N–H and O–H groups in total. The number of unbranched alkanes of at least 4 members (excludes halogenated alkanes) is 5. The first-order chi connectivity index (χ1) is 9.76. The molecule has 0 aromatic carbocycles. The molecule has 120 valence electrons. The van der Waals surface area contributed by atoms with Crippen molar-refractivity contribution in [3.63, 3.8) is 0 Å². The topological polar surface area (TPSA) is 26.3 Å². The molecule has 0 spiro atoms. The molecule has 0 aromatic rings. The van der Waals surface area contributed by atoms with Gasteiger partial charge in [0.25, 0.3) is 0 Å². The molecule has 0 saturated heterocycles. The van der Waals surface area contributed by atoms with Gasteiger partial charge >= 0.3 is 5.97 Å². The van der Waals surface area contributed by atoms with Crippen molar-refractivity contribution < 1.29 is 13.9 Å². The average Bonchev–Trinajstić information content (AvgIpc) is 2.46. The van der Waals surface area contributed by atoms with Gasteiger partial charge in [0.15, 0.2) is 0 Å². The SMILES string of the molecule is CCCCC(SCCCCCCCF)C(=O)OCCC. The fourth-order valence-corrected chi connectivity index (χ4v) is 3.10. The molecule has 0 aliphatic carbocycles.